The smallest absolute Gasteiger partial charge is 0.166 e. The highest BCUT2D eigenvalue weighted by Gasteiger charge is 2.22. The van der Waals surface area contributed by atoms with E-state index in [1.165, 1.54) is 6.07 Å². The van der Waals surface area contributed by atoms with Gasteiger partial charge in [0.15, 0.2) is 5.78 Å². The van der Waals surface area contributed by atoms with Crippen LogP contribution in [0.25, 0.3) is 0 Å². The molecule has 0 radical (unpaired) electrons. The van der Waals surface area contributed by atoms with Crippen molar-refractivity contribution in [1.82, 2.24) is 0 Å². The average Bonchev–Trinajstić information content (AvgIpc) is 2.12. The van der Waals surface area contributed by atoms with Gasteiger partial charge in [-0.15, -0.1) is 0 Å². The van der Waals surface area contributed by atoms with Gasteiger partial charge < -0.3 is 0 Å². The van der Waals surface area contributed by atoms with Gasteiger partial charge in [0.05, 0.1) is 5.56 Å². The third kappa shape index (κ3) is 1.41. The van der Waals surface area contributed by atoms with E-state index in [-0.39, 0.29) is 11.6 Å². The number of carbonyl (C=O) groups is 1. The van der Waals surface area contributed by atoms with E-state index in [2.05, 4.69) is 15.9 Å². The molecule has 1 nitrogen and oxygen atoms in total. The minimum absolute atomic E-state index is 0.0694. The number of halogens is 2. The number of hydrogen-bond acceptors (Lipinski definition) is 1. The van der Waals surface area contributed by atoms with Crippen molar-refractivity contribution in [2.24, 2.45) is 0 Å². The molecular weight excluding hydrogens is 235 g/mol. The normalized spacial score (nSPS) is 15.7. The summed E-state index contributed by atoms with van der Waals surface area (Å²) in [4.78, 5) is 11.4. The number of ketones is 1. The maximum absolute atomic E-state index is 13.3. The summed E-state index contributed by atoms with van der Waals surface area (Å²) >= 11 is 3.32. The second kappa shape index (κ2) is 3.22. The van der Waals surface area contributed by atoms with E-state index >= 15 is 0 Å². The van der Waals surface area contributed by atoms with E-state index in [9.17, 15) is 9.18 Å². The molecule has 0 N–H and O–H groups in total. The first-order valence-electron chi connectivity index (χ1n) is 4.20. The fraction of sp³-hybridized carbons (Fsp3) is 0.300. The highest BCUT2D eigenvalue weighted by Crippen LogP contribution is 2.29. The molecule has 0 unspecified atom stereocenters. The molecule has 0 aromatic heterocycles. The molecule has 0 spiro atoms. The number of fused-ring (bicyclic) bond motifs is 1. The van der Waals surface area contributed by atoms with E-state index in [4.69, 9.17) is 0 Å². The van der Waals surface area contributed by atoms with Crippen molar-refractivity contribution in [1.29, 1.82) is 0 Å². The van der Waals surface area contributed by atoms with Crippen LogP contribution < -0.4 is 0 Å². The lowest BCUT2D eigenvalue weighted by Gasteiger charge is -2.16. The Hall–Kier alpha value is -0.700. The lowest BCUT2D eigenvalue weighted by atomic mass is 9.90. The topological polar surface area (TPSA) is 17.1 Å². The van der Waals surface area contributed by atoms with Crippen LogP contribution in [0.4, 0.5) is 4.39 Å². The molecule has 68 valence electrons. The largest absolute Gasteiger partial charge is 0.294 e. The summed E-state index contributed by atoms with van der Waals surface area (Å²) < 4.78 is 14.1. The zero-order chi connectivity index (χ0) is 9.42. The average molecular weight is 243 g/mol. The van der Waals surface area contributed by atoms with Gasteiger partial charge in [-0.25, -0.2) is 4.39 Å². The van der Waals surface area contributed by atoms with Crippen LogP contribution in [0, 0.1) is 5.82 Å². The lowest BCUT2D eigenvalue weighted by Crippen LogP contribution is -2.13. The molecule has 0 bridgehead atoms. The molecule has 1 aromatic rings. The Balaban J connectivity index is 2.67. The molecule has 13 heavy (non-hydrogen) atoms. The minimum atomic E-state index is -0.386. The van der Waals surface area contributed by atoms with Crippen LogP contribution in [0.2, 0.25) is 0 Å². The van der Waals surface area contributed by atoms with E-state index in [1.807, 2.05) is 0 Å². The third-order valence-corrected chi connectivity index (χ3v) is 3.06. The van der Waals surface area contributed by atoms with Crippen LogP contribution in [-0.2, 0) is 6.42 Å². The molecule has 0 heterocycles. The Labute approximate surface area is 84.1 Å². The Morgan fingerprint density at radius 3 is 2.77 bits per heavy atom. The van der Waals surface area contributed by atoms with Gasteiger partial charge in [-0.1, -0.05) is 15.9 Å². The molecule has 3 heteroatoms. The zero-order valence-corrected chi connectivity index (χ0v) is 8.53. The van der Waals surface area contributed by atoms with Crippen molar-refractivity contribution in [2.75, 3.05) is 0 Å². The van der Waals surface area contributed by atoms with Crippen molar-refractivity contribution in [3.05, 3.63) is 33.5 Å². The second-order valence-corrected chi connectivity index (χ2v) is 4.01. The molecule has 1 aliphatic rings. The molecule has 0 saturated carbocycles. The molecule has 2 rings (SSSR count). The monoisotopic (exact) mass is 242 g/mol. The summed E-state index contributed by atoms with van der Waals surface area (Å²) in [6.45, 7) is 0. The van der Waals surface area contributed by atoms with Gasteiger partial charge >= 0.3 is 0 Å². The Morgan fingerprint density at radius 2 is 2.08 bits per heavy atom. The van der Waals surface area contributed by atoms with Crippen molar-refractivity contribution in [2.45, 2.75) is 19.3 Å². The predicted octanol–water partition coefficient (Wildman–Crippen LogP) is 3.11. The molecule has 0 saturated heterocycles. The molecule has 1 aromatic carbocycles. The van der Waals surface area contributed by atoms with Gasteiger partial charge in [-0.05, 0) is 30.5 Å². The van der Waals surface area contributed by atoms with Crippen LogP contribution in [0.5, 0.6) is 0 Å². The van der Waals surface area contributed by atoms with Gasteiger partial charge in [0.1, 0.15) is 5.82 Å². The summed E-state index contributed by atoms with van der Waals surface area (Å²) in [6.07, 6.45) is 2.09. The van der Waals surface area contributed by atoms with Crippen molar-refractivity contribution >= 4 is 21.7 Å². The Kier molecular flexibility index (Phi) is 2.20. The highest BCUT2D eigenvalue weighted by molar-refractivity contribution is 9.10. The van der Waals surface area contributed by atoms with E-state index in [1.54, 1.807) is 6.07 Å². The fourth-order valence-corrected chi connectivity index (χ4v) is 2.22. The maximum atomic E-state index is 13.3. The fourth-order valence-electron chi connectivity index (χ4n) is 1.69. The van der Waals surface area contributed by atoms with Gasteiger partial charge in [0.25, 0.3) is 0 Å². The van der Waals surface area contributed by atoms with Gasteiger partial charge in [-0.3, -0.25) is 4.79 Å². The van der Waals surface area contributed by atoms with Crippen molar-refractivity contribution < 1.29 is 9.18 Å². The Morgan fingerprint density at radius 1 is 1.31 bits per heavy atom. The van der Waals surface area contributed by atoms with Gasteiger partial charge in [0, 0.05) is 10.9 Å². The van der Waals surface area contributed by atoms with Crippen molar-refractivity contribution in [3.8, 4) is 0 Å². The van der Waals surface area contributed by atoms with Crippen molar-refractivity contribution in [3.63, 3.8) is 0 Å². The SMILES string of the molecule is O=C1CCCc2c(Br)ccc(F)c21. The Bertz CT molecular complexity index is 373. The number of Topliss-reactive ketones (excluding diaryl/α,β-unsaturated/α-hetero) is 1. The molecule has 0 aliphatic heterocycles. The summed E-state index contributed by atoms with van der Waals surface area (Å²) in [6, 6.07) is 3.00. The van der Waals surface area contributed by atoms with Gasteiger partial charge in [-0.2, -0.15) is 0 Å². The third-order valence-electron chi connectivity index (χ3n) is 2.31. The second-order valence-electron chi connectivity index (χ2n) is 3.16. The maximum Gasteiger partial charge on any atom is 0.166 e. The molecule has 0 fully saturated rings. The number of hydrogen-bond donors (Lipinski definition) is 0. The van der Waals surface area contributed by atoms with E-state index in [0.29, 0.717) is 12.0 Å². The highest BCUT2D eigenvalue weighted by atomic mass is 79.9. The van der Waals surface area contributed by atoms with E-state index in [0.717, 1.165) is 22.9 Å². The number of rotatable bonds is 0. The minimum Gasteiger partial charge on any atom is -0.294 e. The van der Waals surface area contributed by atoms with Crippen LogP contribution in [0.1, 0.15) is 28.8 Å². The van der Waals surface area contributed by atoms with Crippen LogP contribution in [0.15, 0.2) is 16.6 Å². The standard InChI is InChI=1S/C10H8BrFO/c11-7-4-5-8(12)10-6(7)2-1-3-9(10)13/h4-5H,1-3H2. The zero-order valence-electron chi connectivity index (χ0n) is 6.94. The summed E-state index contributed by atoms with van der Waals surface area (Å²) in [5, 5.41) is 0. The first-order valence-corrected chi connectivity index (χ1v) is 4.99. The summed E-state index contributed by atoms with van der Waals surface area (Å²) in [7, 11) is 0. The first kappa shape index (κ1) is 8.88. The number of carbonyl (C=O) groups excluding carboxylic acids is 1. The molecule has 0 amide bonds. The van der Waals surface area contributed by atoms with Crippen LogP contribution >= 0.6 is 15.9 Å². The predicted molar refractivity (Wildman–Crippen MR) is 51.4 cm³/mol. The summed E-state index contributed by atoms with van der Waals surface area (Å²) in [5.41, 5.74) is 1.12. The lowest BCUT2D eigenvalue weighted by molar-refractivity contribution is 0.0968. The quantitative estimate of drug-likeness (QED) is 0.684. The van der Waals surface area contributed by atoms with Gasteiger partial charge in [0.2, 0.25) is 0 Å². The first-order chi connectivity index (χ1) is 6.20. The molecule has 1 aliphatic carbocycles. The van der Waals surface area contributed by atoms with Crippen LogP contribution in [-0.4, -0.2) is 5.78 Å². The summed E-state index contributed by atoms with van der Waals surface area (Å²) in [5.74, 6) is -0.456. The number of benzene rings is 1. The van der Waals surface area contributed by atoms with E-state index < -0.39 is 0 Å². The molecular formula is C10H8BrFO. The molecule has 0 atom stereocenters. The van der Waals surface area contributed by atoms with Crippen LogP contribution in [0.3, 0.4) is 0 Å².